The van der Waals surface area contributed by atoms with Crippen molar-refractivity contribution in [2.45, 2.75) is 43.1 Å². The van der Waals surface area contributed by atoms with E-state index in [0.717, 1.165) is 43.8 Å². The van der Waals surface area contributed by atoms with Crippen LogP contribution in [0.5, 0.6) is 0 Å². The van der Waals surface area contributed by atoms with Gasteiger partial charge in [-0.1, -0.05) is 23.0 Å². The van der Waals surface area contributed by atoms with E-state index in [-0.39, 0.29) is 5.89 Å². The minimum Gasteiger partial charge on any atom is -0.481 e. The van der Waals surface area contributed by atoms with E-state index in [4.69, 9.17) is 20.2 Å². The van der Waals surface area contributed by atoms with Crippen LogP contribution < -0.4 is 11.1 Å². The van der Waals surface area contributed by atoms with Crippen LogP contribution in [0.2, 0.25) is 0 Å². The number of piperidine rings is 1. The van der Waals surface area contributed by atoms with Gasteiger partial charge in [0.25, 0.3) is 5.97 Å². The van der Waals surface area contributed by atoms with E-state index >= 15 is 0 Å². The number of thioether (sulfide) groups is 1. The van der Waals surface area contributed by atoms with E-state index in [1.165, 1.54) is 11.8 Å². The minimum atomic E-state index is -0.833. The number of rotatable bonds is 7. The maximum absolute atomic E-state index is 11.0. The van der Waals surface area contributed by atoms with E-state index in [9.17, 15) is 4.79 Å². The van der Waals surface area contributed by atoms with Crippen LogP contribution in [-0.2, 0) is 17.1 Å². The smallest absolute Gasteiger partial charge is 0.315 e. The molecule has 0 aromatic carbocycles. The predicted octanol–water partition coefficient (Wildman–Crippen LogP) is 0.796. The lowest BCUT2D eigenvalue weighted by Crippen LogP contribution is -2.28. The van der Waals surface area contributed by atoms with Gasteiger partial charge in [0.2, 0.25) is 0 Å². The number of hydrogen-bond acceptors (Lipinski definition) is 9. The lowest BCUT2D eigenvalue weighted by molar-refractivity contribution is -0.134. The number of aromatic nitrogens is 5. The first-order valence-electron chi connectivity index (χ1n) is 8.61. The molecule has 11 nitrogen and oxygen atoms in total. The normalized spacial score (nSPS) is 14.2. The molecule has 1 amide bonds. The molecule has 0 unspecified atom stereocenters. The predicted molar refractivity (Wildman–Crippen MR) is 101 cm³/mol. The van der Waals surface area contributed by atoms with Crippen LogP contribution in [0.15, 0.2) is 22.3 Å². The second kappa shape index (κ2) is 10.6. The molecule has 12 heteroatoms. The molecule has 4 N–H and O–H groups in total. The van der Waals surface area contributed by atoms with E-state index in [2.05, 4.69) is 36.8 Å². The number of nitrogens with two attached hydrogens (primary N) is 1. The Balaban J connectivity index is 0.000000640. The number of allylic oxidation sites excluding steroid dienone is 1. The molecule has 1 fully saturated rings. The molecule has 1 aliphatic rings. The summed E-state index contributed by atoms with van der Waals surface area (Å²) in [6.07, 6.45) is 3.93. The Morgan fingerprint density at radius 2 is 2.11 bits per heavy atom. The first-order chi connectivity index (χ1) is 13.4. The number of aliphatic carboxylic acids is 1. The molecule has 2 aromatic rings. The third kappa shape index (κ3) is 6.16. The fourth-order valence-corrected chi connectivity index (χ4v) is 3.43. The molecule has 0 spiro atoms. The van der Waals surface area contributed by atoms with Crippen LogP contribution in [0.3, 0.4) is 0 Å². The first-order valence-corrected chi connectivity index (χ1v) is 9.60. The molecule has 28 heavy (non-hydrogen) atoms. The number of carbonyl (C=O) groups is 2. The maximum Gasteiger partial charge on any atom is 0.315 e. The molecular weight excluding hydrogens is 386 g/mol. The Bertz CT molecular complexity index is 810. The molecule has 3 rings (SSSR count). The summed E-state index contributed by atoms with van der Waals surface area (Å²) in [5.41, 5.74) is 5.10. The number of carbonyl (C=O) groups excluding carboxylic acids is 1. The molecule has 0 radical (unpaired) electrons. The van der Waals surface area contributed by atoms with Crippen LogP contribution in [0, 0.1) is 0 Å². The van der Waals surface area contributed by atoms with Gasteiger partial charge in [0.1, 0.15) is 5.82 Å². The Morgan fingerprint density at radius 1 is 1.43 bits per heavy atom. The van der Waals surface area contributed by atoms with Crippen molar-refractivity contribution < 1.29 is 19.2 Å². The third-order valence-electron chi connectivity index (χ3n) is 3.77. The number of nitrogens with zero attached hydrogens (tertiary/aromatic N) is 5. The van der Waals surface area contributed by atoms with Crippen molar-refractivity contribution in [2.24, 2.45) is 5.73 Å². The number of primary amides is 1. The van der Waals surface area contributed by atoms with Gasteiger partial charge in [-0.3, -0.25) is 9.59 Å². The first kappa shape index (κ1) is 21.6. The minimum absolute atomic E-state index is 0.187. The van der Waals surface area contributed by atoms with Crippen molar-refractivity contribution >= 4 is 23.6 Å². The zero-order valence-electron chi connectivity index (χ0n) is 15.5. The van der Waals surface area contributed by atoms with E-state index in [0.29, 0.717) is 24.0 Å². The Hall–Kier alpha value is -2.73. The molecule has 0 aliphatic carbocycles. The second-order valence-electron chi connectivity index (χ2n) is 5.95. The van der Waals surface area contributed by atoms with Gasteiger partial charge in [-0.2, -0.15) is 4.98 Å². The number of amides is 1. The topological polar surface area (TPSA) is 162 Å². The molecule has 1 aliphatic heterocycles. The fourth-order valence-electron chi connectivity index (χ4n) is 2.63. The molecule has 0 saturated carbocycles. The molecule has 2 aromatic heterocycles. The molecule has 0 bridgehead atoms. The summed E-state index contributed by atoms with van der Waals surface area (Å²) in [5, 5.41) is 24.0. The van der Waals surface area contributed by atoms with Gasteiger partial charge in [-0.15, -0.1) is 16.8 Å². The van der Waals surface area contributed by atoms with Gasteiger partial charge in [0, 0.05) is 19.4 Å². The van der Waals surface area contributed by atoms with Gasteiger partial charge >= 0.3 is 11.8 Å². The average molecular weight is 409 g/mol. The second-order valence-corrected chi connectivity index (χ2v) is 6.89. The highest BCUT2D eigenvalue weighted by molar-refractivity contribution is 7.98. The van der Waals surface area contributed by atoms with Gasteiger partial charge < -0.3 is 25.2 Å². The Morgan fingerprint density at radius 3 is 2.68 bits per heavy atom. The lowest BCUT2D eigenvalue weighted by atomic mass is 9.97. The highest BCUT2D eigenvalue weighted by atomic mass is 32.2. The van der Waals surface area contributed by atoms with Gasteiger partial charge in [-0.25, -0.2) is 0 Å². The standard InChI is InChI=1S/C14H19N7O2S.C2H4O2/c1-2-7-21-12(9-3-5-16-6-4-9)18-19-14(21)24-8-10-17-13(11(15)22)23-20-10;1-2(3)4/h2,9,16H,1,3-8H2,(H2,15,22);1H3,(H,3,4). The van der Waals surface area contributed by atoms with Crippen LogP contribution in [0.4, 0.5) is 0 Å². The van der Waals surface area contributed by atoms with Crippen LogP contribution in [0.25, 0.3) is 0 Å². The van der Waals surface area contributed by atoms with Crippen molar-refractivity contribution in [2.75, 3.05) is 13.1 Å². The molecule has 0 atom stereocenters. The molecule has 1 saturated heterocycles. The summed E-state index contributed by atoms with van der Waals surface area (Å²) in [5.74, 6) is 0.448. The zero-order valence-corrected chi connectivity index (χ0v) is 16.3. The number of hydrogen-bond donors (Lipinski definition) is 3. The zero-order chi connectivity index (χ0) is 20.5. The Labute approximate surface area is 165 Å². The summed E-state index contributed by atoms with van der Waals surface area (Å²) in [6, 6.07) is 0. The van der Waals surface area contributed by atoms with E-state index < -0.39 is 11.9 Å². The monoisotopic (exact) mass is 409 g/mol. The van der Waals surface area contributed by atoms with Crippen molar-refractivity contribution in [3.8, 4) is 0 Å². The Kier molecular flexibility index (Phi) is 8.14. The van der Waals surface area contributed by atoms with Crippen molar-refractivity contribution in [1.82, 2.24) is 30.2 Å². The SMILES string of the molecule is C=CCn1c(SCc2noc(C(N)=O)n2)nnc1C1CCNCC1.CC(=O)O. The molecule has 3 heterocycles. The number of carboxylic acids is 1. The van der Waals surface area contributed by atoms with Crippen LogP contribution in [-0.4, -0.2) is 55.0 Å². The van der Waals surface area contributed by atoms with Crippen molar-refractivity contribution in [1.29, 1.82) is 0 Å². The van der Waals surface area contributed by atoms with Crippen LogP contribution >= 0.6 is 11.8 Å². The molecule has 152 valence electrons. The van der Waals surface area contributed by atoms with Gasteiger partial charge in [0.05, 0.1) is 5.75 Å². The fraction of sp³-hybridized carbons (Fsp3) is 0.500. The lowest BCUT2D eigenvalue weighted by Gasteiger charge is -2.22. The summed E-state index contributed by atoms with van der Waals surface area (Å²) in [6.45, 7) is 7.53. The number of nitrogens with one attached hydrogen (secondary N) is 1. The highest BCUT2D eigenvalue weighted by Crippen LogP contribution is 2.28. The van der Waals surface area contributed by atoms with Crippen LogP contribution in [0.1, 0.15) is 48.0 Å². The van der Waals surface area contributed by atoms with E-state index in [1.54, 1.807) is 0 Å². The largest absolute Gasteiger partial charge is 0.481 e. The summed E-state index contributed by atoms with van der Waals surface area (Å²) >= 11 is 1.44. The highest BCUT2D eigenvalue weighted by Gasteiger charge is 2.23. The van der Waals surface area contributed by atoms with Gasteiger partial charge in [-0.05, 0) is 25.9 Å². The quantitative estimate of drug-likeness (QED) is 0.440. The maximum atomic E-state index is 11.0. The van der Waals surface area contributed by atoms with E-state index in [1.807, 2.05) is 6.08 Å². The summed E-state index contributed by atoms with van der Waals surface area (Å²) in [7, 11) is 0. The number of carboxylic acid groups (broad SMARTS) is 1. The summed E-state index contributed by atoms with van der Waals surface area (Å²) < 4.78 is 6.85. The third-order valence-corrected chi connectivity index (χ3v) is 4.73. The van der Waals surface area contributed by atoms with Crippen molar-refractivity contribution in [3.63, 3.8) is 0 Å². The average Bonchev–Trinajstić information content (AvgIpc) is 3.28. The molecular formula is C16H23N7O4S. The van der Waals surface area contributed by atoms with Crippen molar-refractivity contribution in [3.05, 3.63) is 30.2 Å². The van der Waals surface area contributed by atoms with Gasteiger partial charge in [0.15, 0.2) is 11.0 Å². The summed E-state index contributed by atoms with van der Waals surface area (Å²) in [4.78, 5) is 23.9.